The molecule has 0 bridgehead atoms. The normalized spacial score (nSPS) is 22.8. The fourth-order valence-electron chi connectivity index (χ4n) is 3.06. The first-order chi connectivity index (χ1) is 9.81. The Labute approximate surface area is 126 Å². The van der Waals surface area contributed by atoms with Crippen molar-refractivity contribution >= 4 is 11.8 Å². The summed E-state index contributed by atoms with van der Waals surface area (Å²) in [5, 5.41) is 0.768. The van der Waals surface area contributed by atoms with E-state index in [0.29, 0.717) is 12.1 Å². The lowest BCUT2D eigenvalue weighted by Crippen LogP contribution is -2.58. The summed E-state index contributed by atoms with van der Waals surface area (Å²) < 4.78 is 0. The number of rotatable bonds is 4. The molecule has 1 heterocycles. The average molecular weight is 283 g/mol. The highest BCUT2D eigenvalue weighted by atomic mass is 32.2. The van der Waals surface area contributed by atoms with E-state index in [1.165, 1.54) is 17.7 Å². The Kier molecular flexibility index (Phi) is 4.13. The van der Waals surface area contributed by atoms with Gasteiger partial charge >= 0.3 is 0 Å². The summed E-state index contributed by atoms with van der Waals surface area (Å²) in [6.45, 7) is 3.53. The molecule has 0 aromatic heterocycles. The van der Waals surface area contributed by atoms with Gasteiger partial charge in [0.05, 0.1) is 6.04 Å². The first-order valence-corrected chi connectivity index (χ1v) is 8.48. The third-order valence-electron chi connectivity index (χ3n) is 4.32. The van der Waals surface area contributed by atoms with Gasteiger partial charge in [-0.1, -0.05) is 60.7 Å². The molecule has 104 valence electrons. The zero-order valence-electron chi connectivity index (χ0n) is 12.1. The van der Waals surface area contributed by atoms with Crippen LogP contribution in [0.25, 0.3) is 0 Å². The van der Waals surface area contributed by atoms with Crippen molar-refractivity contribution in [2.45, 2.75) is 24.3 Å². The van der Waals surface area contributed by atoms with Crippen LogP contribution in [0.4, 0.5) is 0 Å². The lowest BCUT2D eigenvalue weighted by atomic mass is 9.91. The number of hydrogen-bond acceptors (Lipinski definition) is 2. The highest BCUT2D eigenvalue weighted by Gasteiger charge is 2.40. The first-order valence-electron chi connectivity index (χ1n) is 7.19. The predicted molar refractivity (Wildman–Crippen MR) is 88.2 cm³/mol. The maximum atomic E-state index is 2.62. The number of thioether (sulfide) groups is 1. The van der Waals surface area contributed by atoms with Crippen LogP contribution in [0.1, 0.15) is 24.1 Å². The van der Waals surface area contributed by atoms with Crippen molar-refractivity contribution in [1.29, 1.82) is 0 Å². The number of hydrogen-bond donors (Lipinski definition) is 0. The molecule has 1 nitrogen and oxygen atoms in total. The van der Waals surface area contributed by atoms with Crippen LogP contribution in [0.15, 0.2) is 60.7 Å². The first kappa shape index (κ1) is 13.7. The second-order valence-corrected chi connectivity index (χ2v) is 6.51. The zero-order valence-corrected chi connectivity index (χ0v) is 12.9. The summed E-state index contributed by atoms with van der Waals surface area (Å²) in [5.41, 5.74) is 2.79. The van der Waals surface area contributed by atoms with Crippen LogP contribution in [0.5, 0.6) is 0 Å². The van der Waals surface area contributed by atoms with Crippen molar-refractivity contribution in [2.24, 2.45) is 0 Å². The molecule has 0 N–H and O–H groups in total. The number of benzene rings is 2. The van der Waals surface area contributed by atoms with Crippen LogP contribution in [0, 0.1) is 0 Å². The molecule has 2 aromatic rings. The lowest BCUT2D eigenvalue weighted by molar-refractivity contribution is 0.0788. The largest absolute Gasteiger partial charge is 0.287 e. The molecule has 1 saturated heterocycles. The van der Waals surface area contributed by atoms with E-state index in [-0.39, 0.29) is 0 Å². The Balaban J connectivity index is 1.94. The average Bonchev–Trinajstić information content (AvgIpc) is 2.52. The Hall–Kier alpha value is -1.25. The van der Waals surface area contributed by atoms with Crippen LogP contribution >= 0.6 is 11.8 Å². The SMILES string of the molecule is CS[C@H]1CN(C(c2ccccc2)c2ccccc2)[C@@H]1C. The van der Waals surface area contributed by atoms with Gasteiger partial charge in [-0.2, -0.15) is 11.8 Å². The summed E-state index contributed by atoms with van der Waals surface area (Å²) in [5.74, 6) is 0. The molecule has 0 unspecified atom stereocenters. The maximum absolute atomic E-state index is 2.62. The van der Waals surface area contributed by atoms with E-state index < -0.39 is 0 Å². The fourth-order valence-corrected chi connectivity index (χ4v) is 3.93. The second kappa shape index (κ2) is 6.02. The van der Waals surface area contributed by atoms with Crippen LogP contribution in [0.2, 0.25) is 0 Å². The maximum Gasteiger partial charge on any atom is 0.0604 e. The summed E-state index contributed by atoms with van der Waals surface area (Å²) in [6.07, 6.45) is 2.22. The Bertz CT molecular complexity index is 500. The molecule has 0 spiro atoms. The quantitative estimate of drug-likeness (QED) is 0.827. The molecule has 0 aliphatic carbocycles. The summed E-state index contributed by atoms with van der Waals surface area (Å²) in [7, 11) is 0. The van der Waals surface area contributed by atoms with Crippen molar-refractivity contribution < 1.29 is 0 Å². The van der Waals surface area contributed by atoms with Crippen LogP contribution in [0.3, 0.4) is 0 Å². The molecule has 3 rings (SSSR count). The smallest absolute Gasteiger partial charge is 0.0604 e. The van der Waals surface area contributed by atoms with E-state index in [1.807, 2.05) is 11.8 Å². The Morgan fingerprint density at radius 2 is 1.45 bits per heavy atom. The molecule has 2 atom stereocenters. The number of nitrogens with zero attached hydrogens (tertiary/aromatic N) is 1. The predicted octanol–water partition coefficient (Wildman–Crippen LogP) is 4.21. The summed E-state index contributed by atoms with van der Waals surface area (Å²) in [4.78, 5) is 2.62. The molecule has 1 fully saturated rings. The molecule has 1 aliphatic rings. The van der Waals surface area contributed by atoms with Crippen molar-refractivity contribution in [3.63, 3.8) is 0 Å². The van der Waals surface area contributed by atoms with Crippen molar-refractivity contribution in [1.82, 2.24) is 4.90 Å². The molecule has 2 heteroatoms. The monoisotopic (exact) mass is 283 g/mol. The lowest BCUT2D eigenvalue weighted by Gasteiger charge is -2.50. The minimum atomic E-state index is 0.385. The highest BCUT2D eigenvalue weighted by Crippen LogP contribution is 2.39. The van der Waals surface area contributed by atoms with Crippen molar-refractivity contribution in [2.75, 3.05) is 12.8 Å². The van der Waals surface area contributed by atoms with E-state index in [1.54, 1.807) is 0 Å². The zero-order chi connectivity index (χ0) is 13.9. The van der Waals surface area contributed by atoms with Crippen LogP contribution < -0.4 is 0 Å². The van der Waals surface area contributed by atoms with Gasteiger partial charge in [0.15, 0.2) is 0 Å². The van der Waals surface area contributed by atoms with E-state index in [0.717, 1.165) is 5.25 Å². The van der Waals surface area contributed by atoms with Crippen molar-refractivity contribution in [3.8, 4) is 0 Å². The number of likely N-dealkylation sites (tertiary alicyclic amines) is 1. The summed E-state index contributed by atoms with van der Waals surface area (Å²) in [6, 6.07) is 22.8. The topological polar surface area (TPSA) is 3.24 Å². The minimum absolute atomic E-state index is 0.385. The Morgan fingerprint density at radius 1 is 0.950 bits per heavy atom. The summed E-state index contributed by atoms with van der Waals surface area (Å²) >= 11 is 1.99. The second-order valence-electron chi connectivity index (χ2n) is 5.44. The van der Waals surface area contributed by atoms with Gasteiger partial charge in [0.1, 0.15) is 0 Å². The minimum Gasteiger partial charge on any atom is -0.287 e. The van der Waals surface area contributed by atoms with Gasteiger partial charge in [-0.25, -0.2) is 0 Å². The van der Waals surface area contributed by atoms with Gasteiger partial charge in [0.2, 0.25) is 0 Å². The van der Waals surface area contributed by atoms with E-state index in [2.05, 4.69) is 78.7 Å². The highest BCUT2D eigenvalue weighted by molar-refractivity contribution is 7.99. The van der Waals surface area contributed by atoms with Crippen molar-refractivity contribution in [3.05, 3.63) is 71.8 Å². The van der Waals surface area contributed by atoms with Crippen LogP contribution in [-0.2, 0) is 0 Å². The molecule has 20 heavy (non-hydrogen) atoms. The van der Waals surface area contributed by atoms with E-state index in [4.69, 9.17) is 0 Å². The van der Waals surface area contributed by atoms with Gasteiger partial charge in [0.25, 0.3) is 0 Å². The molecule has 2 aromatic carbocycles. The third kappa shape index (κ3) is 2.50. The van der Waals surface area contributed by atoms with Crippen LogP contribution in [-0.4, -0.2) is 29.0 Å². The molecule has 0 amide bonds. The third-order valence-corrected chi connectivity index (χ3v) is 5.47. The fraction of sp³-hybridized carbons (Fsp3) is 0.333. The van der Waals surface area contributed by atoms with E-state index >= 15 is 0 Å². The molecular weight excluding hydrogens is 262 g/mol. The molecule has 1 aliphatic heterocycles. The van der Waals surface area contributed by atoms with Gasteiger partial charge in [-0.3, -0.25) is 4.90 Å². The van der Waals surface area contributed by atoms with Gasteiger partial charge < -0.3 is 0 Å². The van der Waals surface area contributed by atoms with Gasteiger partial charge in [-0.15, -0.1) is 0 Å². The Morgan fingerprint density at radius 3 is 1.85 bits per heavy atom. The molecule has 0 radical (unpaired) electrons. The standard InChI is InChI=1S/C18H21NS/c1-14-17(20-2)13-19(14)18(15-9-5-3-6-10-15)16-11-7-4-8-12-16/h3-12,14,17-18H,13H2,1-2H3/t14-,17+/m1/s1. The molecular formula is C18H21NS. The molecule has 0 saturated carbocycles. The van der Waals surface area contributed by atoms with E-state index in [9.17, 15) is 0 Å². The van der Waals surface area contributed by atoms with Gasteiger partial charge in [-0.05, 0) is 24.3 Å². The van der Waals surface area contributed by atoms with Gasteiger partial charge in [0, 0.05) is 17.8 Å².